The standard InChI is InChI=1S/C19H22ClNO3S/c1-25-11-10-17(19(22)23)21-12-14-6-3-5-9-18(14)24-13-15-7-2-4-8-16(15)20/h2-9,17,21H,10-13H2,1H3,(H,22,23). The Morgan fingerprint density at radius 1 is 1.20 bits per heavy atom. The molecule has 0 heterocycles. The number of para-hydroxylation sites is 1. The normalized spacial score (nSPS) is 11.9. The molecule has 2 N–H and O–H groups in total. The van der Waals surface area contributed by atoms with Crippen LogP contribution < -0.4 is 10.1 Å². The number of rotatable bonds is 10. The van der Waals surface area contributed by atoms with Gasteiger partial charge in [-0.25, -0.2) is 0 Å². The first-order valence-corrected chi connectivity index (χ1v) is 9.78. The van der Waals surface area contributed by atoms with Crippen molar-refractivity contribution in [1.82, 2.24) is 5.32 Å². The highest BCUT2D eigenvalue weighted by Crippen LogP contribution is 2.22. The van der Waals surface area contributed by atoms with Gasteiger partial charge in [0.05, 0.1) is 0 Å². The summed E-state index contributed by atoms with van der Waals surface area (Å²) in [4.78, 5) is 11.3. The molecule has 0 saturated carbocycles. The van der Waals surface area contributed by atoms with Gasteiger partial charge in [-0.2, -0.15) is 11.8 Å². The molecule has 2 aromatic carbocycles. The van der Waals surface area contributed by atoms with Crippen LogP contribution in [0.5, 0.6) is 5.75 Å². The Labute approximate surface area is 157 Å². The molecule has 134 valence electrons. The van der Waals surface area contributed by atoms with Gasteiger partial charge in [0.2, 0.25) is 0 Å². The van der Waals surface area contributed by atoms with Gasteiger partial charge in [0.25, 0.3) is 0 Å². The molecule has 0 spiro atoms. The van der Waals surface area contributed by atoms with E-state index in [1.165, 1.54) is 0 Å². The van der Waals surface area contributed by atoms with Crippen molar-refractivity contribution < 1.29 is 14.6 Å². The largest absolute Gasteiger partial charge is 0.489 e. The highest BCUT2D eigenvalue weighted by Gasteiger charge is 2.16. The van der Waals surface area contributed by atoms with Gasteiger partial charge in [0, 0.05) is 22.7 Å². The third kappa shape index (κ3) is 6.27. The molecule has 0 saturated heterocycles. The Balaban J connectivity index is 2.00. The number of ether oxygens (including phenoxy) is 1. The Hall–Kier alpha value is -1.69. The minimum Gasteiger partial charge on any atom is -0.489 e. The molecule has 0 aromatic heterocycles. The van der Waals surface area contributed by atoms with Crippen LogP contribution in [0.15, 0.2) is 48.5 Å². The summed E-state index contributed by atoms with van der Waals surface area (Å²) in [6, 6.07) is 14.6. The van der Waals surface area contributed by atoms with E-state index < -0.39 is 12.0 Å². The SMILES string of the molecule is CSCCC(NCc1ccccc1OCc1ccccc1Cl)C(=O)O. The summed E-state index contributed by atoms with van der Waals surface area (Å²) in [5, 5.41) is 13.1. The van der Waals surface area contributed by atoms with Crippen molar-refractivity contribution in [3.63, 3.8) is 0 Å². The van der Waals surface area contributed by atoms with Crippen LogP contribution >= 0.6 is 23.4 Å². The molecule has 0 fully saturated rings. The molecular formula is C19H22ClNO3S. The number of thioether (sulfide) groups is 1. The number of hydrogen-bond donors (Lipinski definition) is 2. The summed E-state index contributed by atoms with van der Waals surface area (Å²) in [5.74, 6) is 0.696. The van der Waals surface area contributed by atoms with Gasteiger partial charge >= 0.3 is 5.97 Å². The Kier molecular flexibility index (Phi) is 8.12. The van der Waals surface area contributed by atoms with Crippen molar-refractivity contribution in [2.24, 2.45) is 0 Å². The molecular weight excluding hydrogens is 358 g/mol. The zero-order valence-electron chi connectivity index (χ0n) is 14.1. The minimum atomic E-state index is -0.830. The van der Waals surface area contributed by atoms with Crippen LogP contribution in [-0.4, -0.2) is 29.1 Å². The summed E-state index contributed by atoms with van der Waals surface area (Å²) in [6.07, 6.45) is 2.55. The predicted octanol–water partition coefficient (Wildman–Crippen LogP) is 4.21. The van der Waals surface area contributed by atoms with E-state index in [2.05, 4.69) is 5.32 Å². The summed E-state index contributed by atoms with van der Waals surface area (Å²) in [7, 11) is 0. The Bertz CT molecular complexity index is 696. The zero-order chi connectivity index (χ0) is 18.1. The smallest absolute Gasteiger partial charge is 0.320 e. The second-order valence-electron chi connectivity index (χ2n) is 5.54. The van der Waals surface area contributed by atoms with Crippen molar-refractivity contribution in [1.29, 1.82) is 0 Å². The number of halogens is 1. The molecule has 0 bridgehead atoms. The first kappa shape index (κ1) is 19.6. The number of nitrogens with one attached hydrogen (secondary N) is 1. The molecule has 2 aromatic rings. The van der Waals surface area contributed by atoms with Gasteiger partial charge in [-0.3, -0.25) is 4.79 Å². The molecule has 4 nitrogen and oxygen atoms in total. The molecule has 1 atom stereocenters. The van der Waals surface area contributed by atoms with Crippen LogP contribution in [0.1, 0.15) is 17.5 Å². The fourth-order valence-electron chi connectivity index (χ4n) is 2.34. The van der Waals surface area contributed by atoms with Gasteiger partial charge in [-0.1, -0.05) is 48.0 Å². The van der Waals surface area contributed by atoms with E-state index in [1.54, 1.807) is 11.8 Å². The quantitative estimate of drug-likeness (QED) is 0.647. The van der Waals surface area contributed by atoms with E-state index in [0.717, 1.165) is 22.6 Å². The third-order valence-electron chi connectivity index (χ3n) is 3.76. The van der Waals surface area contributed by atoms with Crippen molar-refractivity contribution in [3.8, 4) is 5.75 Å². The maximum atomic E-state index is 11.3. The van der Waals surface area contributed by atoms with Crippen molar-refractivity contribution in [2.45, 2.75) is 25.6 Å². The van der Waals surface area contributed by atoms with E-state index >= 15 is 0 Å². The Morgan fingerprint density at radius 3 is 2.56 bits per heavy atom. The second kappa shape index (κ2) is 10.3. The van der Waals surface area contributed by atoms with Gasteiger partial charge in [0.15, 0.2) is 0 Å². The lowest BCUT2D eigenvalue weighted by atomic mass is 10.1. The summed E-state index contributed by atoms with van der Waals surface area (Å²) >= 11 is 7.80. The topological polar surface area (TPSA) is 58.6 Å². The third-order valence-corrected chi connectivity index (χ3v) is 4.77. The van der Waals surface area contributed by atoms with Crippen molar-refractivity contribution in [3.05, 3.63) is 64.7 Å². The monoisotopic (exact) mass is 379 g/mol. The molecule has 0 radical (unpaired) electrons. The second-order valence-corrected chi connectivity index (χ2v) is 6.93. The number of carboxylic acids is 1. The van der Waals surface area contributed by atoms with Gasteiger partial charge < -0.3 is 15.2 Å². The maximum Gasteiger partial charge on any atom is 0.320 e. The van der Waals surface area contributed by atoms with Crippen molar-refractivity contribution in [2.75, 3.05) is 12.0 Å². The number of hydrogen-bond acceptors (Lipinski definition) is 4. The van der Waals surface area contributed by atoms with E-state index in [4.69, 9.17) is 16.3 Å². The molecule has 0 amide bonds. The average Bonchev–Trinajstić information content (AvgIpc) is 2.61. The number of carboxylic acid groups (broad SMARTS) is 1. The minimum absolute atomic E-state index is 0.367. The van der Waals surface area contributed by atoms with Gasteiger partial charge in [-0.05, 0) is 30.6 Å². The lowest BCUT2D eigenvalue weighted by Crippen LogP contribution is -2.36. The molecule has 1 unspecified atom stereocenters. The molecule has 0 aliphatic rings. The van der Waals surface area contributed by atoms with Crippen LogP contribution in [-0.2, 0) is 17.9 Å². The van der Waals surface area contributed by atoms with Crippen LogP contribution in [0.25, 0.3) is 0 Å². The van der Waals surface area contributed by atoms with Gasteiger partial charge in [0.1, 0.15) is 18.4 Å². The summed E-state index contributed by atoms with van der Waals surface area (Å²) < 4.78 is 5.90. The van der Waals surface area contributed by atoms with Crippen LogP contribution in [0.3, 0.4) is 0 Å². The fraction of sp³-hybridized carbons (Fsp3) is 0.316. The number of carbonyl (C=O) groups is 1. The number of aliphatic carboxylic acids is 1. The fourth-order valence-corrected chi connectivity index (χ4v) is 3.01. The van der Waals surface area contributed by atoms with Gasteiger partial charge in [-0.15, -0.1) is 0 Å². The molecule has 0 aliphatic heterocycles. The average molecular weight is 380 g/mol. The molecule has 25 heavy (non-hydrogen) atoms. The van der Waals surface area contributed by atoms with E-state index in [1.807, 2.05) is 54.8 Å². The van der Waals surface area contributed by atoms with E-state index in [9.17, 15) is 9.90 Å². The molecule has 6 heteroatoms. The van der Waals surface area contributed by atoms with Crippen LogP contribution in [0, 0.1) is 0 Å². The summed E-state index contributed by atoms with van der Waals surface area (Å²) in [6.45, 7) is 0.801. The first-order valence-electron chi connectivity index (χ1n) is 8.01. The summed E-state index contributed by atoms with van der Waals surface area (Å²) in [5.41, 5.74) is 1.83. The number of benzene rings is 2. The highest BCUT2D eigenvalue weighted by molar-refractivity contribution is 7.98. The first-order chi connectivity index (χ1) is 12.1. The predicted molar refractivity (Wildman–Crippen MR) is 103 cm³/mol. The lowest BCUT2D eigenvalue weighted by molar-refractivity contribution is -0.139. The van der Waals surface area contributed by atoms with Crippen molar-refractivity contribution >= 4 is 29.3 Å². The zero-order valence-corrected chi connectivity index (χ0v) is 15.6. The lowest BCUT2D eigenvalue weighted by Gasteiger charge is -2.16. The maximum absolute atomic E-state index is 11.3. The van der Waals surface area contributed by atoms with Crippen LogP contribution in [0.2, 0.25) is 5.02 Å². The van der Waals surface area contributed by atoms with E-state index in [-0.39, 0.29) is 0 Å². The Morgan fingerprint density at radius 2 is 1.88 bits per heavy atom. The van der Waals surface area contributed by atoms with Crippen LogP contribution in [0.4, 0.5) is 0 Å². The van der Waals surface area contributed by atoms with E-state index in [0.29, 0.717) is 24.6 Å². The highest BCUT2D eigenvalue weighted by atomic mass is 35.5. The molecule has 2 rings (SSSR count). The molecule has 0 aliphatic carbocycles.